The highest BCUT2D eigenvalue weighted by Gasteiger charge is 2.20. The number of aliphatic imine (C=N–C) groups is 1. The normalized spacial score (nSPS) is 14.7. The number of nitrogens with one attached hydrogen (secondary N) is 1. The number of fused-ring (bicyclic) bond motifs is 1. The van der Waals surface area contributed by atoms with Crippen molar-refractivity contribution in [2.45, 2.75) is 13.5 Å². The Morgan fingerprint density at radius 3 is 2.91 bits per heavy atom. The van der Waals surface area contributed by atoms with Crippen LogP contribution in [0.2, 0.25) is 0 Å². The third-order valence-corrected chi connectivity index (χ3v) is 6.85. The van der Waals surface area contributed by atoms with Crippen molar-refractivity contribution in [3.05, 3.63) is 35.3 Å². The van der Waals surface area contributed by atoms with Crippen LogP contribution < -0.4 is 16.0 Å². The molecule has 3 aromatic rings. The molecule has 0 spiro atoms. The lowest BCUT2D eigenvalue weighted by molar-refractivity contribution is 0.122. The van der Waals surface area contributed by atoms with E-state index in [0.717, 1.165) is 56.7 Å². The summed E-state index contributed by atoms with van der Waals surface area (Å²) in [6.07, 6.45) is 3.58. The smallest absolute Gasteiger partial charge is 0.163 e. The monoisotopic (exact) mass is 469 g/mol. The van der Waals surface area contributed by atoms with Gasteiger partial charge in [-0.25, -0.2) is 15.0 Å². The highest BCUT2D eigenvalue weighted by atomic mass is 32.2. The molecule has 1 aliphatic heterocycles. The van der Waals surface area contributed by atoms with Crippen LogP contribution in [0.15, 0.2) is 29.9 Å². The molecule has 4 rings (SSSR count). The number of thiophene rings is 1. The Morgan fingerprint density at radius 1 is 1.38 bits per heavy atom. The van der Waals surface area contributed by atoms with E-state index in [1.165, 1.54) is 0 Å². The van der Waals surface area contributed by atoms with Crippen molar-refractivity contribution >= 4 is 56.2 Å². The van der Waals surface area contributed by atoms with E-state index in [1.807, 2.05) is 13.1 Å². The maximum absolute atomic E-state index is 5.97. The first-order valence-corrected chi connectivity index (χ1v) is 12.3. The van der Waals surface area contributed by atoms with Gasteiger partial charge in [-0.2, -0.15) is 0 Å². The molecular weight excluding hydrogens is 442 g/mol. The summed E-state index contributed by atoms with van der Waals surface area (Å²) >= 11 is 3.23. The largest absolute Gasteiger partial charge is 0.379 e. The lowest BCUT2D eigenvalue weighted by atomic mass is 10.1. The van der Waals surface area contributed by atoms with Gasteiger partial charge < -0.3 is 20.7 Å². The number of nitrogens with zero attached hydrogens (tertiary/aromatic N) is 5. The number of ether oxygens (including phenoxy) is 1. The second-order valence-electron chi connectivity index (χ2n) is 7.10. The van der Waals surface area contributed by atoms with Gasteiger partial charge in [-0.3, -0.25) is 4.99 Å². The van der Waals surface area contributed by atoms with Gasteiger partial charge in [0.25, 0.3) is 0 Å². The van der Waals surface area contributed by atoms with Crippen molar-refractivity contribution in [1.82, 2.24) is 15.0 Å². The number of amidine groups is 1. The summed E-state index contributed by atoms with van der Waals surface area (Å²) in [6.45, 7) is 9.47. The SMILES string of the molecule is C=Cc1cc(-c2nc(N3CCOCC3)c3sc(CN=C(N)SCC)cc3n2)cnc1NC. The van der Waals surface area contributed by atoms with Crippen LogP contribution in [0.25, 0.3) is 27.7 Å². The zero-order valence-corrected chi connectivity index (χ0v) is 19.9. The summed E-state index contributed by atoms with van der Waals surface area (Å²) in [5.74, 6) is 3.26. The first-order valence-electron chi connectivity index (χ1n) is 10.5. The Kier molecular flexibility index (Phi) is 7.23. The molecule has 1 aliphatic rings. The van der Waals surface area contributed by atoms with E-state index in [1.54, 1.807) is 35.4 Å². The molecule has 3 aromatic heterocycles. The van der Waals surface area contributed by atoms with Gasteiger partial charge in [0, 0.05) is 42.3 Å². The summed E-state index contributed by atoms with van der Waals surface area (Å²) < 4.78 is 6.61. The van der Waals surface area contributed by atoms with Gasteiger partial charge in [0.2, 0.25) is 0 Å². The van der Waals surface area contributed by atoms with Crippen LogP contribution >= 0.6 is 23.1 Å². The standard InChI is InChI=1S/C22H27N7OS2/c1-4-14-10-15(12-25-19(14)24-3)20-27-17-11-16(13-26-22(23)31-5-2)32-18(17)21(28-20)29-6-8-30-9-7-29/h4,10-12H,1,5-9,13H2,2-3H3,(H2,23,26)(H,24,25). The molecule has 1 fully saturated rings. The van der Waals surface area contributed by atoms with Crippen LogP contribution in [0.3, 0.4) is 0 Å². The number of rotatable bonds is 7. The van der Waals surface area contributed by atoms with Gasteiger partial charge in [-0.05, 0) is 17.9 Å². The summed E-state index contributed by atoms with van der Waals surface area (Å²) in [6, 6.07) is 4.10. The molecule has 3 N–H and O–H groups in total. The van der Waals surface area contributed by atoms with Gasteiger partial charge >= 0.3 is 0 Å². The summed E-state index contributed by atoms with van der Waals surface area (Å²) in [5, 5.41) is 3.69. The molecule has 1 saturated heterocycles. The molecule has 4 heterocycles. The average molecular weight is 470 g/mol. The van der Waals surface area contributed by atoms with E-state index >= 15 is 0 Å². The minimum atomic E-state index is 0.538. The number of morpholine rings is 1. The van der Waals surface area contributed by atoms with Gasteiger partial charge in [0.05, 0.1) is 30.0 Å². The maximum Gasteiger partial charge on any atom is 0.163 e. The molecule has 168 valence electrons. The van der Waals surface area contributed by atoms with Gasteiger partial charge in [-0.1, -0.05) is 31.3 Å². The van der Waals surface area contributed by atoms with E-state index in [-0.39, 0.29) is 0 Å². The van der Waals surface area contributed by atoms with Crippen LogP contribution in [-0.4, -0.2) is 59.2 Å². The first-order chi connectivity index (χ1) is 15.6. The average Bonchev–Trinajstić information content (AvgIpc) is 3.25. The number of hydrogen-bond donors (Lipinski definition) is 2. The summed E-state index contributed by atoms with van der Waals surface area (Å²) in [4.78, 5) is 22.2. The number of pyridine rings is 1. The minimum absolute atomic E-state index is 0.538. The quantitative estimate of drug-likeness (QED) is 0.398. The second kappa shape index (κ2) is 10.3. The van der Waals surface area contributed by atoms with Crippen LogP contribution in [0.1, 0.15) is 17.4 Å². The number of hydrogen-bond acceptors (Lipinski definition) is 9. The highest BCUT2D eigenvalue weighted by molar-refractivity contribution is 8.13. The lowest BCUT2D eigenvalue weighted by Crippen LogP contribution is -2.36. The minimum Gasteiger partial charge on any atom is -0.379 e. The molecule has 10 heteroatoms. The second-order valence-corrected chi connectivity index (χ2v) is 9.52. The Balaban J connectivity index is 1.78. The van der Waals surface area contributed by atoms with E-state index in [4.69, 9.17) is 20.4 Å². The Labute approximate surface area is 196 Å². The highest BCUT2D eigenvalue weighted by Crippen LogP contribution is 2.35. The number of aromatic nitrogens is 3. The van der Waals surface area contributed by atoms with Crippen molar-refractivity contribution in [2.75, 3.05) is 49.3 Å². The third kappa shape index (κ3) is 4.87. The van der Waals surface area contributed by atoms with E-state index < -0.39 is 0 Å². The molecule has 0 aromatic carbocycles. The van der Waals surface area contributed by atoms with Crippen LogP contribution in [-0.2, 0) is 11.3 Å². The lowest BCUT2D eigenvalue weighted by Gasteiger charge is -2.28. The number of thioether (sulfide) groups is 1. The molecular formula is C22H27N7OS2. The molecule has 0 saturated carbocycles. The molecule has 0 radical (unpaired) electrons. The van der Waals surface area contributed by atoms with E-state index in [9.17, 15) is 0 Å². The van der Waals surface area contributed by atoms with Crippen molar-refractivity contribution in [1.29, 1.82) is 0 Å². The summed E-state index contributed by atoms with van der Waals surface area (Å²) in [5.41, 5.74) is 8.64. The zero-order chi connectivity index (χ0) is 22.5. The summed E-state index contributed by atoms with van der Waals surface area (Å²) in [7, 11) is 1.84. The van der Waals surface area contributed by atoms with E-state index in [0.29, 0.717) is 30.8 Å². The number of anilines is 2. The molecule has 32 heavy (non-hydrogen) atoms. The fourth-order valence-electron chi connectivity index (χ4n) is 3.48. The third-order valence-electron chi connectivity index (χ3n) is 5.03. The van der Waals surface area contributed by atoms with E-state index in [2.05, 4.69) is 39.8 Å². The zero-order valence-electron chi connectivity index (χ0n) is 18.3. The predicted molar refractivity (Wildman–Crippen MR) is 137 cm³/mol. The molecule has 0 amide bonds. The number of nitrogens with two attached hydrogens (primary N) is 1. The maximum atomic E-state index is 5.97. The van der Waals surface area contributed by atoms with Gasteiger partial charge in [-0.15, -0.1) is 11.3 Å². The molecule has 0 aliphatic carbocycles. The van der Waals surface area contributed by atoms with Gasteiger partial charge in [0.15, 0.2) is 16.8 Å². The molecule has 0 unspecified atom stereocenters. The Hall–Kier alpha value is -2.69. The van der Waals surface area contributed by atoms with Crippen molar-refractivity contribution in [3.63, 3.8) is 0 Å². The molecule has 0 bridgehead atoms. The molecule has 0 atom stereocenters. The van der Waals surface area contributed by atoms with Crippen LogP contribution in [0.5, 0.6) is 0 Å². The molecule has 8 nitrogen and oxygen atoms in total. The van der Waals surface area contributed by atoms with Crippen molar-refractivity contribution < 1.29 is 4.74 Å². The van der Waals surface area contributed by atoms with Crippen molar-refractivity contribution in [3.8, 4) is 11.4 Å². The Bertz CT molecular complexity index is 1140. The first kappa shape index (κ1) is 22.5. The van der Waals surface area contributed by atoms with Crippen molar-refractivity contribution in [2.24, 2.45) is 10.7 Å². The van der Waals surface area contributed by atoms with Gasteiger partial charge in [0.1, 0.15) is 5.82 Å². The fraction of sp³-hybridized carbons (Fsp3) is 0.364. The van der Waals surface area contributed by atoms with Crippen LogP contribution in [0, 0.1) is 0 Å². The topological polar surface area (TPSA) is 102 Å². The Morgan fingerprint density at radius 2 is 2.19 bits per heavy atom. The predicted octanol–water partition coefficient (Wildman–Crippen LogP) is 3.84. The van der Waals surface area contributed by atoms with Crippen LogP contribution in [0.4, 0.5) is 11.6 Å². The fourth-order valence-corrected chi connectivity index (χ4v) is 4.97.